The zero-order valence-corrected chi connectivity index (χ0v) is 14.0. The van der Waals surface area contributed by atoms with Gasteiger partial charge in [-0.05, 0) is 31.2 Å². The van der Waals surface area contributed by atoms with Gasteiger partial charge in [0.1, 0.15) is 11.6 Å². The predicted octanol–water partition coefficient (Wildman–Crippen LogP) is 4.34. The van der Waals surface area contributed by atoms with E-state index in [0.29, 0.717) is 16.3 Å². The van der Waals surface area contributed by atoms with E-state index in [1.807, 2.05) is 0 Å². The van der Waals surface area contributed by atoms with Gasteiger partial charge in [-0.15, -0.1) is 0 Å². The first-order chi connectivity index (χ1) is 12.0. The summed E-state index contributed by atoms with van der Waals surface area (Å²) in [7, 11) is 0. The van der Waals surface area contributed by atoms with Crippen molar-refractivity contribution in [3.63, 3.8) is 0 Å². The van der Waals surface area contributed by atoms with E-state index in [9.17, 15) is 13.6 Å². The number of aromatic nitrogens is 2. The zero-order valence-electron chi connectivity index (χ0n) is 13.2. The molecule has 0 amide bonds. The minimum Gasteiger partial charge on any atom is -0.324 e. The second-order valence-electron chi connectivity index (χ2n) is 5.47. The van der Waals surface area contributed by atoms with E-state index in [-0.39, 0.29) is 23.6 Å². The van der Waals surface area contributed by atoms with E-state index in [1.54, 1.807) is 31.2 Å². The average Bonchev–Trinajstić information content (AvgIpc) is 2.57. The molecule has 0 aliphatic rings. The highest BCUT2D eigenvalue weighted by molar-refractivity contribution is 6.33. The van der Waals surface area contributed by atoms with Crippen molar-refractivity contribution in [2.24, 2.45) is 0 Å². The molecule has 3 aromatic rings. The highest BCUT2D eigenvalue weighted by atomic mass is 35.5. The lowest BCUT2D eigenvalue weighted by atomic mass is 10.1. The number of anilines is 2. The van der Waals surface area contributed by atoms with Crippen molar-refractivity contribution in [1.29, 1.82) is 0 Å². The van der Waals surface area contributed by atoms with Gasteiger partial charge in [-0.2, -0.15) is 0 Å². The SMILES string of the molecule is Cc1c(Cc2c(F)cccc2F)nc(Nc2ccccc2Cl)[nH]c1=O. The van der Waals surface area contributed by atoms with Gasteiger partial charge in [-0.25, -0.2) is 13.8 Å². The lowest BCUT2D eigenvalue weighted by Gasteiger charge is -2.11. The number of halogens is 3. The summed E-state index contributed by atoms with van der Waals surface area (Å²) in [5.74, 6) is -1.21. The van der Waals surface area contributed by atoms with Crippen LogP contribution in [0.5, 0.6) is 0 Å². The van der Waals surface area contributed by atoms with Gasteiger partial charge in [0.2, 0.25) is 5.95 Å². The van der Waals surface area contributed by atoms with Gasteiger partial charge < -0.3 is 5.32 Å². The van der Waals surface area contributed by atoms with E-state index in [0.717, 1.165) is 0 Å². The second-order valence-corrected chi connectivity index (χ2v) is 5.88. The van der Waals surface area contributed by atoms with E-state index >= 15 is 0 Å². The Morgan fingerprint density at radius 1 is 1.12 bits per heavy atom. The molecule has 2 N–H and O–H groups in total. The Bertz CT molecular complexity index is 968. The number of aromatic amines is 1. The predicted molar refractivity (Wildman–Crippen MR) is 93.5 cm³/mol. The van der Waals surface area contributed by atoms with Crippen LogP contribution < -0.4 is 10.9 Å². The molecule has 128 valence electrons. The Morgan fingerprint density at radius 3 is 2.48 bits per heavy atom. The Labute approximate surface area is 147 Å². The fourth-order valence-electron chi connectivity index (χ4n) is 2.37. The fraction of sp³-hybridized carbons (Fsp3) is 0.111. The Hall–Kier alpha value is -2.73. The molecule has 0 saturated heterocycles. The molecule has 3 rings (SSSR count). The van der Waals surface area contributed by atoms with Crippen molar-refractivity contribution in [2.45, 2.75) is 13.3 Å². The molecule has 1 aromatic heterocycles. The molecule has 0 unspecified atom stereocenters. The normalized spacial score (nSPS) is 10.7. The van der Waals surface area contributed by atoms with Crippen molar-refractivity contribution in [1.82, 2.24) is 9.97 Å². The van der Waals surface area contributed by atoms with Crippen LogP contribution in [0.3, 0.4) is 0 Å². The van der Waals surface area contributed by atoms with E-state index in [2.05, 4.69) is 15.3 Å². The van der Waals surface area contributed by atoms with Crippen LogP contribution >= 0.6 is 11.6 Å². The highest BCUT2D eigenvalue weighted by Gasteiger charge is 2.14. The summed E-state index contributed by atoms with van der Waals surface area (Å²) in [4.78, 5) is 19.0. The molecule has 0 aliphatic heterocycles. The Balaban J connectivity index is 1.99. The van der Waals surface area contributed by atoms with Crippen LogP contribution in [0.25, 0.3) is 0 Å². The fourth-order valence-corrected chi connectivity index (χ4v) is 2.55. The number of hydrogen-bond donors (Lipinski definition) is 2. The monoisotopic (exact) mass is 361 g/mol. The van der Waals surface area contributed by atoms with Gasteiger partial charge in [-0.3, -0.25) is 9.78 Å². The summed E-state index contributed by atoms with van der Waals surface area (Å²) >= 11 is 6.07. The lowest BCUT2D eigenvalue weighted by Crippen LogP contribution is -2.18. The number of rotatable bonds is 4. The lowest BCUT2D eigenvalue weighted by molar-refractivity contribution is 0.560. The molecule has 4 nitrogen and oxygen atoms in total. The largest absolute Gasteiger partial charge is 0.324 e. The van der Waals surface area contributed by atoms with Crippen molar-refractivity contribution < 1.29 is 8.78 Å². The van der Waals surface area contributed by atoms with Crippen LogP contribution in [0.1, 0.15) is 16.8 Å². The third kappa shape index (κ3) is 3.69. The molecule has 0 saturated carbocycles. The topological polar surface area (TPSA) is 57.8 Å². The van der Waals surface area contributed by atoms with Gasteiger partial charge in [0.25, 0.3) is 5.56 Å². The van der Waals surface area contributed by atoms with E-state index < -0.39 is 17.2 Å². The summed E-state index contributed by atoms with van der Waals surface area (Å²) < 4.78 is 27.8. The summed E-state index contributed by atoms with van der Waals surface area (Å²) in [6.07, 6.45) is -0.133. The van der Waals surface area contributed by atoms with Gasteiger partial charge in [0, 0.05) is 17.5 Å². The molecule has 0 aliphatic carbocycles. The molecule has 0 spiro atoms. The molecule has 7 heteroatoms. The van der Waals surface area contributed by atoms with Crippen LogP contribution in [0.15, 0.2) is 47.3 Å². The van der Waals surface area contributed by atoms with Gasteiger partial charge in [-0.1, -0.05) is 29.8 Å². The van der Waals surface area contributed by atoms with Crippen LogP contribution in [-0.4, -0.2) is 9.97 Å². The molecule has 0 fully saturated rings. The van der Waals surface area contributed by atoms with Crippen molar-refractivity contribution in [3.8, 4) is 0 Å². The molecule has 0 atom stereocenters. The average molecular weight is 362 g/mol. The summed E-state index contributed by atoms with van der Waals surface area (Å²) in [5, 5.41) is 3.36. The number of nitrogens with one attached hydrogen (secondary N) is 2. The minimum absolute atomic E-state index is 0.132. The minimum atomic E-state index is -0.679. The Morgan fingerprint density at radius 2 is 1.80 bits per heavy atom. The number of nitrogens with zero attached hydrogens (tertiary/aromatic N) is 1. The zero-order chi connectivity index (χ0) is 18.0. The maximum atomic E-state index is 13.9. The third-order valence-corrected chi connectivity index (χ3v) is 4.11. The Kier molecular flexibility index (Phi) is 4.81. The number of H-pyrrole nitrogens is 1. The first kappa shape index (κ1) is 17.1. The van der Waals surface area contributed by atoms with Crippen LogP contribution in [0.2, 0.25) is 5.02 Å². The first-order valence-electron chi connectivity index (χ1n) is 7.50. The highest BCUT2D eigenvalue weighted by Crippen LogP contribution is 2.23. The molecule has 0 radical (unpaired) electrons. The second kappa shape index (κ2) is 7.03. The molecule has 2 aromatic carbocycles. The maximum Gasteiger partial charge on any atom is 0.255 e. The van der Waals surface area contributed by atoms with Crippen LogP contribution in [0, 0.1) is 18.6 Å². The quantitative estimate of drug-likeness (QED) is 0.726. The van der Waals surface area contributed by atoms with Crippen molar-refractivity contribution >= 4 is 23.2 Å². The third-order valence-electron chi connectivity index (χ3n) is 3.78. The van der Waals surface area contributed by atoms with Crippen molar-refractivity contribution in [3.05, 3.63) is 86.3 Å². The summed E-state index contributed by atoms with van der Waals surface area (Å²) in [5.41, 5.74) is 0.609. The first-order valence-corrected chi connectivity index (χ1v) is 7.87. The maximum absolute atomic E-state index is 13.9. The molecular formula is C18H14ClF2N3O. The van der Waals surface area contributed by atoms with Crippen LogP contribution in [-0.2, 0) is 6.42 Å². The van der Waals surface area contributed by atoms with Gasteiger partial charge in [0.05, 0.1) is 16.4 Å². The van der Waals surface area contributed by atoms with Crippen LogP contribution in [0.4, 0.5) is 20.4 Å². The standard InChI is InChI=1S/C18H14ClF2N3O/c1-10-16(9-11-13(20)6-4-7-14(11)21)23-18(24-17(10)25)22-15-8-3-2-5-12(15)19/h2-8H,9H2,1H3,(H2,22,23,24,25). The number of benzene rings is 2. The number of hydrogen-bond acceptors (Lipinski definition) is 3. The van der Waals surface area contributed by atoms with E-state index in [1.165, 1.54) is 18.2 Å². The summed E-state index contributed by atoms with van der Waals surface area (Å²) in [6, 6.07) is 10.6. The van der Waals surface area contributed by atoms with Crippen molar-refractivity contribution in [2.75, 3.05) is 5.32 Å². The molecular weight excluding hydrogens is 348 g/mol. The van der Waals surface area contributed by atoms with Gasteiger partial charge in [0.15, 0.2) is 0 Å². The molecule has 25 heavy (non-hydrogen) atoms. The van der Waals surface area contributed by atoms with Gasteiger partial charge >= 0.3 is 0 Å². The molecule has 0 bridgehead atoms. The smallest absolute Gasteiger partial charge is 0.255 e. The van der Waals surface area contributed by atoms with E-state index in [4.69, 9.17) is 11.6 Å². The molecule has 1 heterocycles. The summed E-state index contributed by atoms with van der Waals surface area (Å²) in [6.45, 7) is 1.55. The number of para-hydroxylation sites is 1.